The largest absolute Gasteiger partial charge is 0.497 e. The molecule has 0 bridgehead atoms. The van der Waals surface area contributed by atoms with Gasteiger partial charge >= 0.3 is 6.03 Å². The van der Waals surface area contributed by atoms with Gasteiger partial charge < -0.3 is 24.8 Å². The third-order valence-electron chi connectivity index (χ3n) is 3.62. The highest BCUT2D eigenvalue weighted by Gasteiger charge is 2.12. The quantitative estimate of drug-likeness (QED) is 0.849. The van der Waals surface area contributed by atoms with Gasteiger partial charge in [0.1, 0.15) is 17.2 Å². The molecule has 2 aromatic rings. The Bertz CT molecular complexity index is 686. The molecule has 0 saturated heterocycles. The van der Waals surface area contributed by atoms with Crippen LogP contribution in [0.15, 0.2) is 42.5 Å². The van der Waals surface area contributed by atoms with Crippen LogP contribution >= 0.6 is 0 Å². The molecule has 0 aliphatic heterocycles. The molecule has 0 aliphatic carbocycles. The summed E-state index contributed by atoms with van der Waals surface area (Å²) in [6.45, 7) is 1.91. The van der Waals surface area contributed by atoms with Crippen LogP contribution in [0.25, 0.3) is 0 Å². The van der Waals surface area contributed by atoms with Gasteiger partial charge in [-0.05, 0) is 36.8 Å². The molecular formula is C18H22N2O4. The number of benzene rings is 2. The second-order valence-corrected chi connectivity index (χ2v) is 5.16. The molecule has 0 unspecified atom stereocenters. The molecule has 0 saturated carbocycles. The summed E-state index contributed by atoms with van der Waals surface area (Å²) < 4.78 is 15.5. The average Bonchev–Trinajstić information content (AvgIpc) is 2.61. The minimum absolute atomic E-state index is 0.153. The van der Waals surface area contributed by atoms with Crippen molar-refractivity contribution in [1.29, 1.82) is 0 Å². The van der Waals surface area contributed by atoms with E-state index in [0.717, 1.165) is 11.3 Å². The lowest BCUT2D eigenvalue weighted by atomic mass is 10.1. The third kappa shape index (κ3) is 4.32. The number of urea groups is 1. The van der Waals surface area contributed by atoms with Gasteiger partial charge in [0.25, 0.3) is 0 Å². The summed E-state index contributed by atoms with van der Waals surface area (Å²) in [5.41, 5.74) is 1.55. The van der Waals surface area contributed by atoms with Crippen LogP contribution in [-0.4, -0.2) is 27.4 Å². The number of hydrogen-bond acceptors (Lipinski definition) is 4. The highest BCUT2D eigenvalue weighted by atomic mass is 16.5. The van der Waals surface area contributed by atoms with Gasteiger partial charge in [-0.15, -0.1) is 0 Å². The van der Waals surface area contributed by atoms with E-state index in [1.54, 1.807) is 32.4 Å². The number of methoxy groups -OCH3 is 3. The summed E-state index contributed by atoms with van der Waals surface area (Å²) in [6, 6.07) is 12.3. The van der Waals surface area contributed by atoms with Crippen molar-refractivity contribution in [1.82, 2.24) is 5.32 Å². The Morgan fingerprint density at radius 2 is 1.54 bits per heavy atom. The van der Waals surface area contributed by atoms with Gasteiger partial charge in [0, 0.05) is 6.07 Å². The number of rotatable bonds is 6. The Hall–Kier alpha value is -2.89. The molecule has 0 heterocycles. The Kier molecular flexibility index (Phi) is 5.89. The van der Waals surface area contributed by atoms with Crippen LogP contribution in [0, 0.1) is 0 Å². The zero-order chi connectivity index (χ0) is 17.5. The average molecular weight is 330 g/mol. The van der Waals surface area contributed by atoms with Gasteiger partial charge in [0.15, 0.2) is 0 Å². The monoisotopic (exact) mass is 330 g/mol. The molecule has 0 fully saturated rings. The molecule has 0 aliphatic rings. The molecule has 2 aromatic carbocycles. The van der Waals surface area contributed by atoms with E-state index >= 15 is 0 Å². The van der Waals surface area contributed by atoms with Crippen LogP contribution in [0.4, 0.5) is 10.5 Å². The minimum atomic E-state index is -0.318. The van der Waals surface area contributed by atoms with E-state index in [-0.39, 0.29) is 12.1 Å². The number of anilines is 1. The first kappa shape index (κ1) is 17.5. The first-order valence-electron chi connectivity index (χ1n) is 7.51. The molecule has 6 heteroatoms. The highest BCUT2D eigenvalue weighted by molar-refractivity contribution is 5.91. The number of ether oxygens (including phenoxy) is 3. The van der Waals surface area contributed by atoms with Crippen LogP contribution < -0.4 is 24.8 Å². The molecule has 24 heavy (non-hydrogen) atoms. The van der Waals surface area contributed by atoms with Gasteiger partial charge in [-0.1, -0.05) is 12.1 Å². The van der Waals surface area contributed by atoms with Crippen molar-refractivity contribution >= 4 is 11.7 Å². The van der Waals surface area contributed by atoms with Crippen LogP contribution in [0.3, 0.4) is 0 Å². The smallest absolute Gasteiger partial charge is 0.319 e. The number of amides is 2. The van der Waals surface area contributed by atoms with Gasteiger partial charge in [-0.2, -0.15) is 0 Å². The number of carbonyl (C=O) groups excluding carboxylic acids is 1. The van der Waals surface area contributed by atoms with Gasteiger partial charge in [-0.25, -0.2) is 4.79 Å². The maximum absolute atomic E-state index is 12.2. The van der Waals surface area contributed by atoms with Crippen LogP contribution in [0.2, 0.25) is 0 Å². The van der Waals surface area contributed by atoms with Gasteiger partial charge in [0.2, 0.25) is 0 Å². The standard InChI is InChI=1S/C18H22N2O4/c1-12(13-5-7-14(22-2)8-6-13)19-18(21)20-16-10-9-15(23-3)11-17(16)24-4/h5-12H,1-4H3,(H2,19,20,21)/t12-/m0/s1. The lowest BCUT2D eigenvalue weighted by Crippen LogP contribution is -2.31. The lowest BCUT2D eigenvalue weighted by Gasteiger charge is -2.17. The normalized spacial score (nSPS) is 11.3. The summed E-state index contributed by atoms with van der Waals surface area (Å²) >= 11 is 0. The van der Waals surface area contributed by atoms with E-state index in [9.17, 15) is 4.79 Å². The Morgan fingerprint density at radius 3 is 2.12 bits per heavy atom. The van der Waals surface area contributed by atoms with Crippen molar-refractivity contribution in [2.45, 2.75) is 13.0 Å². The zero-order valence-electron chi connectivity index (χ0n) is 14.3. The Morgan fingerprint density at radius 1 is 0.917 bits per heavy atom. The second kappa shape index (κ2) is 8.10. The van der Waals surface area contributed by atoms with E-state index in [4.69, 9.17) is 14.2 Å². The molecule has 128 valence electrons. The van der Waals surface area contributed by atoms with Crippen molar-refractivity contribution in [3.63, 3.8) is 0 Å². The third-order valence-corrected chi connectivity index (χ3v) is 3.62. The van der Waals surface area contributed by atoms with Crippen molar-refractivity contribution in [2.24, 2.45) is 0 Å². The Balaban J connectivity index is 2.01. The summed E-state index contributed by atoms with van der Waals surface area (Å²) in [6.07, 6.45) is 0. The Labute approximate surface area is 141 Å². The zero-order valence-corrected chi connectivity index (χ0v) is 14.3. The van der Waals surface area contributed by atoms with E-state index in [1.807, 2.05) is 31.2 Å². The molecule has 2 amide bonds. The summed E-state index contributed by atoms with van der Waals surface area (Å²) in [5, 5.41) is 5.67. The molecular weight excluding hydrogens is 308 g/mol. The minimum Gasteiger partial charge on any atom is -0.497 e. The maximum atomic E-state index is 12.2. The van der Waals surface area contributed by atoms with E-state index in [0.29, 0.717) is 17.2 Å². The molecule has 0 aromatic heterocycles. The maximum Gasteiger partial charge on any atom is 0.319 e. The van der Waals surface area contributed by atoms with Gasteiger partial charge in [0.05, 0.1) is 33.1 Å². The van der Waals surface area contributed by atoms with E-state index in [2.05, 4.69) is 10.6 Å². The molecule has 6 nitrogen and oxygen atoms in total. The summed E-state index contributed by atoms with van der Waals surface area (Å²) in [4.78, 5) is 12.2. The fraction of sp³-hybridized carbons (Fsp3) is 0.278. The molecule has 2 N–H and O–H groups in total. The van der Waals surface area contributed by atoms with Crippen molar-refractivity contribution < 1.29 is 19.0 Å². The lowest BCUT2D eigenvalue weighted by molar-refractivity contribution is 0.249. The van der Waals surface area contributed by atoms with E-state index < -0.39 is 0 Å². The molecule has 0 radical (unpaired) electrons. The van der Waals surface area contributed by atoms with E-state index in [1.165, 1.54) is 7.11 Å². The predicted molar refractivity (Wildman–Crippen MR) is 93.1 cm³/mol. The van der Waals surface area contributed by atoms with Crippen molar-refractivity contribution in [2.75, 3.05) is 26.6 Å². The van der Waals surface area contributed by atoms with Crippen LogP contribution in [-0.2, 0) is 0 Å². The van der Waals surface area contributed by atoms with Crippen molar-refractivity contribution in [3.05, 3.63) is 48.0 Å². The fourth-order valence-corrected chi connectivity index (χ4v) is 2.23. The predicted octanol–water partition coefficient (Wildman–Crippen LogP) is 3.60. The summed E-state index contributed by atoms with van der Waals surface area (Å²) in [7, 11) is 4.73. The molecule has 1 atom stereocenters. The molecule has 2 rings (SSSR count). The fourth-order valence-electron chi connectivity index (χ4n) is 2.23. The second-order valence-electron chi connectivity index (χ2n) is 5.16. The van der Waals surface area contributed by atoms with Crippen LogP contribution in [0.1, 0.15) is 18.5 Å². The topological polar surface area (TPSA) is 68.8 Å². The summed E-state index contributed by atoms with van der Waals surface area (Å²) in [5.74, 6) is 1.96. The van der Waals surface area contributed by atoms with Crippen molar-refractivity contribution in [3.8, 4) is 17.2 Å². The number of nitrogens with one attached hydrogen (secondary N) is 2. The van der Waals surface area contributed by atoms with Crippen LogP contribution in [0.5, 0.6) is 17.2 Å². The molecule has 0 spiro atoms. The first-order valence-corrected chi connectivity index (χ1v) is 7.51. The first-order chi connectivity index (χ1) is 11.6. The highest BCUT2D eigenvalue weighted by Crippen LogP contribution is 2.29. The van der Waals surface area contributed by atoms with Gasteiger partial charge in [-0.3, -0.25) is 0 Å². The number of carbonyl (C=O) groups is 1. The number of hydrogen-bond donors (Lipinski definition) is 2. The SMILES string of the molecule is COc1ccc([C@H](C)NC(=O)Nc2ccc(OC)cc2OC)cc1.